The van der Waals surface area contributed by atoms with E-state index in [-0.39, 0.29) is 15.0 Å². The molecule has 0 aliphatic carbocycles. The van der Waals surface area contributed by atoms with Gasteiger partial charge in [-0.25, -0.2) is 9.50 Å². The zero-order chi connectivity index (χ0) is 18.2. The first kappa shape index (κ1) is 17.6. The summed E-state index contributed by atoms with van der Waals surface area (Å²) < 4.78 is 40.0. The van der Waals surface area contributed by atoms with E-state index in [2.05, 4.69) is 10.1 Å². The second-order valence-corrected chi connectivity index (χ2v) is 6.63. The molecule has 0 saturated carbocycles. The number of aromatic nitrogens is 3. The number of halogens is 4. The summed E-state index contributed by atoms with van der Waals surface area (Å²) in [4.78, 5) is 16.1. The van der Waals surface area contributed by atoms with Gasteiger partial charge in [0.25, 0.3) is 5.91 Å². The van der Waals surface area contributed by atoms with Gasteiger partial charge in [-0.1, -0.05) is 29.0 Å². The second-order valence-electron chi connectivity index (χ2n) is 5.03. The molecule has 0 bridgehead atoms. The SMILES string of the molecule is NC[C@H](NC(=O)c1nc(-c2cnn3ccccc23)c(Cl)s1)C(F)(F)F. The van der Waals surface area contributed by atoms with Gasteiger partial charge in [-0.2, -0.15) is 18.3 Å². The van der Waals surface area contributed by atoms with Crippen molar-refractivity contribution < 1.29 is 18.0 Å². The second kappa shape index (κ2) is 6.62. The molecule has 0 saturated heterocycles. The predicted molar refractivity (Wildman–Crippen MR) is 87.7 cm³/mol. The number of carbonyl (C=O) groups is 1. The number of fused-ring (bicyclic) bond motifs is 1. The van der Waals surface area contributed by atoms with Crippen LogP contribution in [-0.2, 0) is 0 Å². The molecule has 3 aromatic heterocycles. The first-order valence-corrected chi connectivity index (χ1v) is 8.17. The highest BCUT2D eigenvalue weighted by molar-refractivity contribution is 7.18. The first-order valence-electron chi connectivity index (χ1n) is 6.98. The molecule has 6 nitrogen and oxygen atoms in total. The molecule has 3 heterocycles. The standard InChI is InChI=1S/C14H11ClF3N5OS/c15-11-10(7-6-20-23-4-2-1-3-8(7)23)22-13(25-11)12(24)21-9(5-19)14(16,17)18/h1-4,6,9H,5,19H2,(H,21,24)/t9-/m0/s1. The van der Waals surface area contributed by atoms with Crippen molar-refractivity contribution in [2.24, 2.45) is 5.73 Å². The first-order chi connectivity index (χ1) is 11.8. The van der Waals surface area contributed by atoms with Crippen LogP contribution in [0.3, 0.4) is 0 Å². The van der Waals surface area contributed by atoms with Crippen LogP contribution in [0.2, 0.25) is 4.34 Å². The highest BCUT2D eigenvalue weighted by Gasteiger charge is 2.40. The van der Waals surface area contributed by atoms with Crippen molar-refractivity contribution in [1.29, 1.82) is 0 Å². The summed E-state index contributed by atoms with van der Waals surface area (Å²) in [6.45, 7) is -0.769. The Morgan fingerprint density at radius 1 is 1.44 bits per heavy atom. The van der Waals surface area contributed by atoms with Crippen molar-refractivity contribution in [1.82, 2.24) is 19.9 Å². The van der Waals surface area contributed by atoms with E-state index >= 15 is 0 Å². The molecule has 0 spiro atoms. The Morgan fingerprint density at radius 2 is 2.20 bits per heavy atom. The number of pyridine rings is 1. The van der Waals surface area contributed by atoms with E-state index in [1.165, 1.54) is 6.20 Å². The topological polar surface area (TPSA) is 85.3 Å². The lowest BCUT2D eigenvalue weighted by Gasteiger charge is -2.18. The summed E-state index contributed by atoms with van der Waals surface area (Å²) in [5, 5.41) is 5.78. The Hall–Kier alpha value is -2.17. The Bertz CT molecular complexity index is 923. The minimum Gasteiger partial charge on any atom is -0.337 e. The van der Waals surface area contributed by atoms with Crippen molar-refractivity contribution in [3.05, 3.63) is 39.9 Å². The molecule has 1 atom stereocenters. The van der Waals surface area contributed by atoms with Gasteiger partial charge < -0.3 is 11.1 Å². The Kier molecular flexibility index (Phi) is 4.67. The average Bonchev–Trinajstić information content (AvgIpc) is 3.14. The lowest BCUT2D eigenvalue weighted by Crippen LogP contribution is -2.49. The number of nitrogens with two attached hydrogens (primary N) is 1. The van der Waals surface area contributed by atoms with E-state index in [0.717, 1.165) is 11.3 Å². The molecule has 0 radical (unpaired) electrons. The molecule has 132 valence electrons. The summed E-state index contributed by atoms with van der Waals surface area (Å²) >= 11 is 6.92. The lowest BCUT2D eigenvalue weighted by atomic mass is 10.2. The van der Waals surface area contributed by atoms with Crippen LogP contribution in [0.5, 0.6) is 0 Å². The molecule has 11 heteroatoms. The number of carbonyl (C=O) groups excluding carboxylic acids is 1. The van der Waals surface area contributed by atoms with Crippen molar-refractivity contribution in [2.45, 2.75) is 12.2 Å². The molecule has 0 aliphatic heterocycles. The Labute approximate surface area is 148 Å². The predicted octanol–water partition coefficient (Wildman–Crippen LogP) is 2.73. The zero-order valence-corrected chi connectivity index (χ0v) is 14.0. The van der Waals surface area contributed by atoms with Gasteiger partial charge in [0.15, 0.2) is 5.01 Å². The van der Waals surface area contributed by atoms with Crippen LogP contribution >= 0.6 is 22.9 Å². The fourth-order valence-corrected chi connectivity index (χ4v) is 3.25. The molecule has 3 N–H and O–H groups in total. The number of thiazole rings is 1. The molecule has 0 aromatic carbocycles. The quantitative estimate of drug-likeness (QED) is 0.718. The van der Waals surface area contributed by atoms with E-state index in [1.54, 1.807) is 28.9 Å². The van der Waals surface area contributed by atoms with Gasteiger partial charge in [0.1, 0.15) is 16.1 Å². The fraction of sp³-hybridized carbons (Fsp3) is 0.214. The van der Waals surface area contributed by atoms with Crippen LogP contribution in [-0.4, -0.2) is 39.3 Å². The summed E-state index contributed by atoms with van der Waals surface area (Å²) in [6.07, 6.45) is -1.39. The summed E-state index contributed by atoms with van der Waals surface area (Å²) in [7, 11) is 0. The maximum absolute atomic E-state index is 12.7. The minimum atomic E-state index is -4.64. The highest BCUT2D eigenvalue weighted by Crippen LogP contribution is 2.35. The number of amides is 1. The molecule has 3 rings (SSSR count). The van der Waals surface area contributed by atoms with Gasteiger partial charge in [-0.05, 0) is 12.1 Å². The number of nitrogens with zero attached hydrogens (tertiary/aromatic N) is 3. The third-order valence-corrected chi connectivity index (χ3v) is 4.65. The van der Waals surface area contributed by atoms with Gasteiger partial charge >= 0.3 is 6.18 Å². The number of rotatable bonds is 4. The fourth-order valence-electron chi connectivity index (χ4n) is 2.18. The van der Waals surface area contributed by atoms with Crippen molar-refractivity contribution in [3.63, 3.8) is 0 Å². The van der Waals surface area contributed by atoms with E-state index in [4.69, 9.17) is 17.3 Å². The van der Waals surface area contributed by atoms with Crippen LogP contribution < -0.4 is 11.1 Å². The van der Waals surface area contributed by atoms with Crippen molar-refractivity contribution >= 4 is 34.4 Å². The third kappa shape index (κ3) is 3.46. The molecular formula is C14H11ClF3N5OS. The van der Waals surface area contributed by atoms with Crippen molar-refractivity contribution in [3.8, 4) is 11.3 Å². The van der Waals surface area contributed by atoms with Crippen LogP contribution in [0.15, 0.2) is 30.6 Å². The Morgan fingerprint density at radius 3 is 2.88 bits per heavy atom. The van der Waals surface area contributed by atoms with Gasteiger partial charge in [0.05, 0.1) is 11.7 Å². The van der Waals surface area contributed by atoms with Crippen LogP contribution in [0, 0.1) is 0 Å². The summed E-state index contributed by atoms with van der Waals surface area (Å²) in [5.74, 6) is -0.984. The number of nitrogens with one attached hydrogen (secondary N) is 1. The molecule has 0 aliphatic rings. The Balaban J connectivity index is 1.91. The molecule has 0 fully saturated rings. The van der Waals surface area contributed by atoms with Crippen LogP contribution in [0.1, 0.15) is 9.80 Å². The van der Waals surface area contributed by atoms with Crippen molar-refractivity contribution in [2.75, 3.05) is 6.54 Å². The monoisotopic (exact) mass is 389 g/mol. The molecule has 1 amide bonds. The maximum atomic E-state index is 12.7. The third-order valence-electron chi connectivity index (χ3n) is 3.40. The maximum Gasteiger partial charge on any atom is 0.409 e. The number of hydrogen-bond donors (Lipinski definition) is 2. The van der Waals surface area contributed by atoms with Gasteiger partial charge in [-0.15, -0.1) is 0 Å². The number of alkyl halides is 3. The van der Waals surface area contributed by atoms with E-state index in [1.807, 2.05) is 5.32 Å². The van der Waals surface area contributed by atoms with E-state index < -0.39 is 24.7 Å². The van der Waals surface area contributed by atoms with E-state index in [0.29, 0.717) is 11.1 Å². The molecular weight excluding hydrogens is 379 g/mol. The largest absolute Gasteiger partial charge is 0.409 e. The lowest BCUT2D eigenvalue weighted by molar-refractivity contribution is -0.150. The van der Waals surface area contributed by atoms with Gasteiger partial charge in [-0.3, -0.25) is 4.79 Å². The number of hydrogen-bond acceptors (Lipinski definition) is 5. The smallest absolute Gasteiger partial charge is 0.337 e. The zero-order valence-electron chi connectivity index (χ0n) is 12.4. The molecule has 0 unspecified atom stereocenters. The average molecular weight is 390 g/mol. The molecule has 25 heavy (non-hydrogen) atoms. The van der Waals surface area contributed by atoms with Gasteiger partial charge in [0, 0.05) is 18.3 Å². The minimum absolute atomic E-state index is 0.181. The normalized spacial score (nSPS) is 13.2. The van der Waals surface area contributed by atoms with E-state index in [9.17, 15) is 18.0 Å². The summed E-state index contributed by atoms with van der Waals surface area (Å²) in [6, 6.07) is 3.22. The summed E-state index contributed by atoms with van der Waals surface area (Å²) in [5.41, 5.74) is 6.64. The highest BCUT2D eigenvalue weighted by atomic mass is 35.5. The van der Waals surface area contributed by atoms with Crippen LogP contribution in [0.4, 0.5) is 13.2 Å². The van der Waals surface area contributed by atoms with Gasteiger partial charge in [0.2, 0.25) is 0 Å². The van der Waals surface area contributed by atoms with Crippen LogP contribution in [0.25, 0.3) is 16.8 Å². The molecule has 3 aromatic rings.